The number of rotatable bonds is 5. The fourth-order valence-electron chi connectivity index (χ4n) is 2.88. The molecular weight excluding hydrogens is 200 g/mol. The second-order valence-electron chi connectivity index (χ2n) is 5.25. The summed E-state index contributed by atoms with van der Waals surface area (Å²) in [4.78, 5) is 13.8. The van der Waals surface area contributed by atoms with Crippen molar-refractivity contribution in [3.05, 3.63) is 0 Å². The average Bonchev–Trinajstić information content (AvgIpc) is 2.89. The molecule has 0 spiro atoms. The van der Waals surface area contributed by atoms with Gasteiger partial charge in [0.1, 0.15) is 0 Å². The molecule has 16 heavy (non-hydrogen) atoms. The quantitative estimate of drug-likeness (QED) is 0.772. The SMILES string of the molecule is CCC1CC(=O)N(CCCC2CCCN2)C1. The second-order valence-corrected chi connectivity index (χ2v) is 5.25. The number of carbonyl (C=O) groups is 1. The molecule has 0 aromatic carbocycles. The van der Waals surface area contributed by atoms with Gasteiger partial charge < -0.3 is 10.2 Å². The van der Waals surface area contributed by atoms with Crippen molar-refractivity contribution in [3.63, 3.8) is 0 Å². The number of carbonyl (C=O) groups excluding carboxylic acids is 1. The summed E-state index contributed by atoms with van der Waals surface area (Å²) in [5, 5.41) is 3.51. The smallest absolute Gasteiger partial charge is 0.222 e. The highest BCUT2D eigenvalue weighted by molar-refractivity contribution is 5.78. The van der Waals surface area contributed by atoms with Crippen molar-refractivity contribution in [1.82, 2.24) is 10.2 Å². The first kappa shape index (κ1) is 11.9. The Morgan fingerprint density at radius 2 is 2.38 bits per heavy atom. The zero-order chi connectivity index (χ0) is 11.4. The van der Waals surface area contributed by atoms with E-state index in [2.05, 4.69) is 17.1 Å². The Kier molecular flexibility index (Phi) is 4.22. The van der Waals surface area contributed by atoms with Crippen LogP contribution in [0, 0.1) is 5.92 Å². The number of nitrogens with zero attached hydrogens (tertiary/aromatic N) is 1. The van der Waals surface area contributed by atoms with Gasteiger partial charge in [0.2, 0.25) is 5.91 Å². The van der Waals surface area contributed by atoms with Gasteiger partial charge in [-0.25, -0.2) is 0 Å². The zero-order valence-corrected chi connectivity index (χ0v) is 10.4. The van der Waals surface area contributed by atoms with Crippen molar-refractivity contribution in [2.45, 2.75) is 51.5 Å². The minimum Gasteiger partial charge on any atom is -0.342 e. The Balaban J connectivity index is 1.64. The third-order valence-electron chi connectivity index (χ3n) is 4.01. The van der Waals surface area contributed by atoms with E-state index in [1.165, 1.54) is 32.2 Å². The van der Waals surface area contributed by atoms with E-state index in [-0.39, 0.29) is 0 Å². The molecule has 0 aliphatic carbocycles. The van der Waals surface area contributed by atoms with E-state index < -0.39 is 0 Å². The van der Waals surface area contributed by atoms with Gasteiger partial charge >= 0.3 is 0 Å². The van der Waals surface area contributed by atoms with Gasteiger partial charge in [-0.05, 0) is 38.1 Å². The van der Waals surface area contributed by atoms with E-state index in [1.54, 1.807) is 0 Å². The maximum atomic E-state index is 11.7. The van der Waals surface area contributed by atoms with Gasteiger partial charge in [-0.1, -0.05) is 13.3 Å². The Labute approximate surface area is 98.6 Å². The maximum Gasteiger partial charge on any atom is 0.222 e. The Morgan fingerprint density at radius 3 is 3.00 bits per heavy atom. The van der Waals surface area contributed by atoms with Gasteiger partial charge in [0.25, 0.3) is 0 Å². The minimum absolute atomic E-state index is 0.381. The average molecular weight is 224 g/mol. The predicted octanol–water partition coefficient (Wildman–Crippen LogP) is 1.78. The van der Waals surface area contributed by atoms with Crippen LogP contribution >= 0.6 is 0 Å². The van der Waals surface area contributed by atoms with Gasteiger partial charge in [-0.3, -0.25) is 4.79 Å². The lowest BCUT2D eigenvalue weighted by atomic mass is 10.1. The number of hydrogen-bond donors (Lipinski definition) is 1. The Morgan fingerprint density at radius 1 is 1.50 bits per heavy atom. The lowest BCUT2D eigenvalue weighted by molar-refractivity contribution is -0.127. The number of hydrogen-bond acceptors (Lipinski definition) is 2. The highest BCUT2D eigenvalue weighted by Crippen LogP contribution is 2.21. The van der Waals surface area contributed by atoms with Crippen molar-refractivity contribution in [1.29, 1.82) is 0 Å². The summed E-state index contributed by atoms with van der Waals surface area (Å²) in [6.45, 7) is 5.36. The fraction of sp³-hybridized carbons (Fsp3) is 0.923. The van der Waals surface area contributed by atoms with Crippen LogP contribution in [0.2, 0.25) is 0 Å². The van der Waals surface area contributed by atoms with Crippen LogP contribution in [-0.2, 0) is 4.79 Å². The van der Waals surface area contributed by atoms with Gasteiger partial charge in [0.15, 0.2) is 0 Å². The maximum absolute atomic E-state index is 11.7. The molecule has 2 heterocycles. The van der Waals surface area contributed by atoms with Crippen LogP contribution in [0.25, 0.3) is 0 Å². The number of amides is 1. The van der Waals surface area contributed by atoms with E-state index in [4.69, 9.17) is 0 Å². The molecular formula is C13H24N2O. The summed E-state index contributed by atoms with van der Waals surface area (Å²) in [6, 6.07) is 0.722. The van der Waals surface area contributed by atoms with Crippen molar-refractivity contribution in [2.24, 2.45) is 5.92 Å². The molecule has 0 radical (unpaired) electrons. The monoisotopic (exact) mass is 224 g/mol. The molecule has 1 N–H and O–H groups in total. The topological polar surface area (TPSA) is 32.3 Å². The minimum atomic E-state index is 0.381. The molecule has 2 unspecified atom stereocenters. The van der Waals surface area contributed by atoms with Gasteiger partial charge in [-0.2, -0.15) is 0 Å². The molecule has 3 nitrogen and oxygen atoms in total. The van der Waals surface area contributed by atoms with Crippen LogP contribution in [0.3, 0.4) is 0 Å². The Hall–Kier alpha value is -0.570. The van der Waals surface area contributed by atoms with Crippen LogP contribution in [-0.4, -0.2) is 36.5 Å². The molecule has 0 bridgehead atoms. The van der Waals surface area contributed by atoms with Crippen molar-refractivity contribution in [3.8, 4) is 0 Å². The van der Waals surface area contributed by atoms with Crippen molar-refractivity contribution in [2.75, 3.05) is 19.6 Å². The highest BCUT2D eigenvalue weighted by Gasteiger charge is 2.27. The number of nitrogens with one attached hydrogen (secondary N) is 1. The van der Waals surface area contributed by atoms with E-state index in [9.17, 15) is 4.79 Å². The molecule has 2 saturated heterocycles. The van der Waals surface area contributed by atoms with Crippen LogP contribution in [0.1, 0.15) is 45.4 Å². The summed E-state index contributed by atoms with van der Waals surface area (Å²) in [6.07, 6.45) is 6.99. The van der Waals surface area contributed by atoms with Gasteiger partial charge in [0.05, 0.1) is 0 Å². The van der Waals surface area contributed by atoms with Crippen LogP contribution in [0.4, 0.5) is 0 Å². The molecule has 3 heteroatoms. The summed E-state index contributed by atoms with van der Waals surface area (Å²) >= 11 is 0. The molecule has 1 amide bonds. The lowest BCUT2D eigenvalue weighted by Gasteiger charge is -2.17. The largest absolute Gasteiger partial charge is 0.342 e. The summed E-state index contributed by atoms with van der Waals surface area (Å²) < 4.78 is 0. The summed E-state index contributed by atoms with van der Waals surface area (Å²) in [5.41, 5.74) is 0. The molecule has 2 rings (SSSR count). The molecule has 0 saturated carbocycles. The third kappa shape index (κ3) is 2.97. The van der Waals surface area contributed by atoms with Crippen LogP contribution in [0.15, 0.2) is 0 Å². The highest BCUT2D eigenvalue weighted by atomic mass is 16.2. The van der Waals surface area contributed by atoms with Gasteiger partial charge in [-0.15, -0.1) is 0 Å². The molecule has 0 aromatic rings. The van der Waals surface area contributed by atoms with Crippen LogP contribution < -0.4 is 5.32 Å². The van der Waals surface area contributed by atoms with E-state index >= 15 is 0 Å². The van der Waals surface area contributed by atoms with Crippen LogP contribution in [0.5, 0.6) is 0 Å². The second kappa shape index (κ2) is 5.67. The Bertz CT molecular complexity index is 236. The summed E-state index contributed by atoms with van der Waals surface area (Å²) in [7, 11) is 0. The van der Waals surface area contributed by atoms with Gasteiger partial charge in [0, 0.05) is 25.6 Å². The van der Waals surface area contributed by atoms with E-state index in [0.717, 1.165) is 32.0 Å². The molecule has 2 aliphatic heterocycles. The zero-order valence-electron chi connectivity index (χ0n) is 10.4. The molecule has 2 fully saturated rings. The fourth-order valence-corrected chi connectivity index (χ4v) is 2.88. The molecule has 2 atom stereocenters. The normalized spacial score (nSPS) is 30.3. The van der Waals surface area contributed by atoms with E-state index in [1.807, 2.05) is 0 Å². The summed E-state index contributed by atoms with van der Waals surface area (Å²) in [5.74, 6) is 1.00. The predicted molar refractivity (Wildman–Crippen MR) is 65.2 cm³/mol. The third-order valence-corrected chi connectivity index (χ3v) is 4.01. The first-order chi connectivity index (χ1) is 7.79. The van der Waals surface area contributed by atoms with Crippen molar-refractivity contribution < 1.29 is 4.79 Å². The van der Waals surface area contributed by atoms with E-state index in [0.29, 0.717) is 11.8 Å². The molecule has 92 valence electrons. The number of likely N-dealkylation sites (tertiary alicyclic amines) is 1. The standard InChI is InChI=1S/C13H24N2O/c1-2-11-9-13(16)15(10-11)8-4-6-12-5-3-7-14-12/h11-12,14H,2-10H2,1H3. The molecule has 2 aliphatic rings. The first-order valence-electron chi connectivity index (χ1n) is 6.80. The van der Waals surface area contributed by atoms with Crippen molar-refractivity contribution >= 4 is 5.91 Å². The lowest BCUT2D eigenvalue weighted by Crippen LogP contribution is -2.28. The molecule has 0 aromatic heterocycles. The first-order valence-corrected chi connectivity index (χ1v) is 6.80.